The zero-order valence-corrected chi connectivity index (χ0v) is 8.39. The number of piperidine rings is 1. The van der Waals surface area contributed by atoms with Crippen molar-refractivity contribution in [2.45, 2.75) is 45.8 Å². The lowest BCUT2D eigenvalue weighted by Gasteiger charge is -2.36. The lowest BCUT2D eigenvalue weighted by Crippen LogP contribution is -2.44. The van der Waals surface area contributed by atoms with Crippen molar-refractivity contribution in [2.24, 2.45) is 5.92 Å². The molecule has 0 aromatic heterocycles. The molecule has 2 atom stereocenters. The Kier molecular flexibility index (Phi) is 3.51. The Bertz CT molecular complexity index is 136. The van der Waals surface area contributed by atoms with Gasteiger partial charge in [-0.15, -0.1) is 0 Å². The third kappa shape index (κ3) is 2.19. The van der Waals surface area contributed by atoms with Gasteiger partial charge in [0, 0.05) is 12.6 Å². The zero-order chi connectivity index (χ0) is 9.14. The Hall–Kier alpha value is -0.110. The molecule has 1 rings (SSSR count). The van der Waals surface area contributed by atoms with Gasteiger partial charge in [-0.25, -0.2) is 4.39 Å². The first-order valence-corrected chi connectivity index (χ1v) is 5.03. The molecule has 1 fully saturated rings. The van der Waals surface area contributed by atoms with Crippen LogP contribution in [0.5, 0.6) is 0 Å². The van der Waals surface area contributed by atoms with E-state index in [1.54, 1.807) is 0 Å². The van der Waals surface area contributed by atoms with Gasteiger partial charge in [0.25, 0.3) is 0 Å². The van der Waals surface area contributed by atoms with Gasteiger partial charge in [-0.2, -0.15) is 0 Å². The minimum absolute atomic E-state index is 0.319. The Labute approximate surface area is 74.9 Å². The van der Waals surface area contributed by atoms with Crippen LogP contribution in [0.4, 0.5) is 4.39 Å². The van der Waals surface area contributed by atoms with Crippen LogP contribution in [-0.2, 0) is 0 Å². The fourth-order valence-electron chi connectivity index (χ4n) is 1.91. The number of nitrogens with zero attached hydrogens (tertiary/aromatic N) is 1. The second kappa shape index (κ2) is 4.22. The van der Waals surface area contributed by atoms with E-state index in [1.165, 1.54) is 0 Å². The second-order valence-electron chi connectivity index (χ2n) is 4.06. The van der Waals surface area contributed by atoms with E-state index in [2.05, 4.69) is 25.7 Å². The summed E-state index contributed by atoms with van der Waals surface area (Å²) < 4.78 is 13.4. The summed E-state index contributed by atoms with van der Waals surface area (Å²) in [5.74, 6) is 0.319. The lowest BCUT2D eigenvalue weighted by atomic mass is 9.92. The molecular weight excluding hydrogens is 153 g/mol. The van der Waals surface area contributed by atoms with E-state index in [4.69, 9.17) is 0 Å². The highest BCUT2D eigenvalue weighted by atomic mass is 19.1. The quantitative estimate of drug-likeness (QED) is 0.620. The first-order chi connectivity index (χ1) is 5.65. The van der Waals surface area contributed by atoms with Crippen LogP contribution in [0.15, 0.2) is 0 Å². The summed E-state index contributed by atoms with van der Waals surface area (Å²) in [4.78, 5) is 2.23. The van der Waals surface area contributed by atoms with E-state index in [0.29, 0.717) is 18.5 Å². The van der Waals surface area contributed by atoms with Crippen molar-refractivity contribution in [1.29, 1.82) is 0 Å². The average molecular weight is 173 g/mol. The fraction of sp³-hybridized carbons (Fsp3) is 1.00. The molecule has 2 heteroatoms. The number of hydrogen-bond acceptors (Lipinski definition) is 1. The molecule has 72 valence electrons. The molecule has 1 aliphatic rings. The molecular formula is C10H20FN. The summed E-state index contributed by atoms with van der Waals surface area (Å²) >= 11 is 0. The summed E-state index contributed by atoms with van der Waals surface area (Å²) in [7, 11) is 0. The fourth-order valence-corrected chi connectivity index (χ4v) is 1.91. The molecule has 0 saturated carbocycles. The van der Waals surface area contributed by atoms with Crippen molar-refractivity contribution >= 4 is 0 Å². The van der Waals surface area contributed by atoms with E-state index < -0.39 is 6.17 Å². The number of hydrogen-bond donors (Lipinski definition) is 0. The molecule has 1 saturated heterocycles. The van der Waals surface area contributed by atoms with Gasteiger partial charge in [0.2, 0.25) is 0 Å². The largest absolute Gasteiger partial charge is 0.298 e. The normalized spacial score (nSPS) is 32.8. The molecule has 0 amide bonds. The van der Waals surface area contributed by atoms with E-state index in [-0.39, 0.29) is 0 Å². The number of halogens is 1. The first-order valence-electron chi connectivity index (χ1n) is 5.03. The zero-order valence-electron chi connectivity index (χ0n) is 8.39. The van der Waals surface area contributed by atoms with Crippen molar-refractivity contribution in [3.63, 3.8) is 0 Å². The first kappa shape index (κ1) is 9.97. The smallest absolute Gasteiger partial charge is 0.116 e. The minimum Gasteiger partial charge on any atom is -0.298 e. The van der Waals surface area contributed by atoms with E-state index >= 15 is 0 Å². The minimum atomic E-state index is -0.592. The Morgan fingerprint density at radius 3 is 2.58 bits per heavy atom. The second-order valence-corrected chi connectivity index (χ2v) is 4.06. The van der Waals surface area contributed by atoms with Gasteiger partial charge < -0.3 is 0 Å². The number of alkyl halides is 1. The Morgan fingerprint density at radius 2 is 2.17 bits per heavy atom. The molecule has 0 radical (unpaired) electrons. The average Bonchev–Trinajstić information content (AvgIpc) is 2.04. The van der Waals surface area contributed by atoms with Gasteiger partial charge in [0.05, 0.1) is 0 Å². The van der Waals surface area contributed by atoms with Crippen molar-refractivity contribution in [2.75, 3.05) is 13.1 Å². The van der Waals surface area contributed by atoms with Crippen LogP contribution in [0.1, 0.15) is 33.6 Å². The topological polar surface area (TPSA) is 3.24 Å². The van der Waals surface area contributed by atoms with Crippen LogP contribution in [0, 0.1) is 5.92 Å². The monoisotopic (exact) mass is 173 g/mol. The van der Waals surface area contributed by atoms with Gasteiger partial charge in [-0.3, -0.25) is 4.90 Å². The third-order valence-electron chi connectivity index (χ3n) is 2.96. The summed E-state index contributed by atoms with van der Waals surface area (Å²) in [5.41, 5.74) is 0. The van der Waals surface area contributed by atoms with Crippen molar-refractivity contribution in [1.82, 2.24) is 4.90 Å². The number of rotatable bonds is 2. The van der Waals surface area contributed by atoms with Gasteiger partial charge in [-0.05, 0) is 32.7 Å². The lowest BCUT2D eigenvalue weighted by molar-refractivity contribution is 0.0638. The SMILES string of the molecule is CCC1CCN(C(C)C)CC1F. The van der Waals surface area contributed by atoms with Crippen LogP contribution in [0.3, 0.4) is 0 Å². The van der Waals surface area contributed by atoms with Crippen LogP contribution in [0.2, 0.25) is 0 Å². The molecule has 0 aromatic carbocycles. The summed E-state index contributed by atoms with van der Waals surface area (Å²) in [6.45, 7) is 8.09. The maximum atomic E-state index is 13.4. The predicted molar refractivity (Wildman–Crippen MR) is 50.0 cm³/mol. The summed E-state index contributed by atoms with van der Waals surface area (Å²) in [6.07, 6.45) is 1.44. The van der Waals surface area contributed by atoms with Crippen LogP contribution in [-0.4, -0.2) is 30.2 Å². The molecule has 0 aromatic rings. The molecule has 0 N–H and O–H groups in total. The standard InChI is InChI=1S/C10H20FN/c1-4-9-5-6-12(8(2)3)7-10(9)11/h8-10H,4-7H2,1-3H3. The third-order valence-corrected chi connectivity index (χ3v) is 2.96. The van der Waals surface area contributed by atoms with Crippen molar-refractivity contribution in [3.05, 3.63) is 0 Å². The molecule has 0 spiro atoms. The molecule has 12 heavy (non-hydrogen) atoms. The molecule has 1 aliphatic heterocycles. The van der Waals surface area contributed by atoms with Crippen LogP contribution >= 0.6 is 0 Å². The highest BCUT2D eigenvalue weighted by Crippen LogP contribution is 2.24. The maximum absolute atomic E-state index is 13.4. The Balaban J connectivity index is 2.40. The molecule has 2 unspecified atom stereocenters. The van der Waals surface area contributed by atoms with Crippen LogP contribution < -0.4 is 0 Å². The highest BCUT2D eigenvalue weighted by molar-refractivity contribution is 4.80. The van der Waals surface area contributed by atoms with E-state index in [9.17, 15) is 4.39 Å². The van der Waals surface area contributed by atoms with E-state index in [0.717, 1.165) is 19.4 Å². The van der Waals surface area contributed by atoms with Gasteiger partial charge in [0.1, 0.15) is 6.17 Å². The molecule has 0 aliphatic carbocycles. The molecule has 0 bridgehead atoms. The Morgan fingerprint density at radius 1 is 1.50 bits per heavy atom. The van der Waals surface area contributed by atoms with Crippen molar-refractivity contribution in [3.8, 4) is 0 Å². The van der Waals surface area contributed by atoms with Gasteiger partial charge in [0.15, 0.2) is 0 Å². The number of likely N-dealkylation sites (tertiary alicyclic amines) is 1. The summed E-state index contributed by atoms with van der Waals surface area (Å²) in [6, 6.07) is 0.501. The van der Waals surface area contributed by atoms with Crippen molar-refractivity contribution < 1.29 is 4.39 Å². The van der Waals surface area contributed by atoms with Gasteiger partial charge in [-0.1, -0.05) is 13.3 Å². The van der Waals surface area contributed by atoms with Gasteiger partial charge >= 0.3 is 0 Å². The van der Waals surface area contributed by atoms with E-state index in [1.807, 2.05) is 0 Å². The molecule has 1 heterocycles. The summed E-state index contributed by atoms with van der Waals surface area (Å²) in [5, 5.41) is 0. The maximum Gasteiger partial charge on any atom is 0.116 e. The van der Waals surface area contributed by atoms with Crippen LogP contribution in [0.25, 0.3) is 0 Å². The molecule has 1 nitrogen and oxygen atoms in total. The predicted octanol–water partition coefficient (Wildman–Crippen LogP) is 2.46. The highest BCUT2D eigenvalue weighted by Gasteiger charge is 2.28.